The SMILES string of the molecule is CCOC(=O)CC(N)[C@H]1O[C@@H]2OC(C)(C)O[C@@H]2[C@H]1OC. The van der Waals surface area contributed by atoms with Crippen molar-refractivity contribution in [2.75, 3.05) is 13.7 Å². The van der Waals surface area contributed by atoms with Gasteiger partial charge in [0.25, 0.3) is 0 Å². The van der Waals surface area contributed by atoms with E-state index in [-0.39, 0.29) is 24.6 Å². The Balaban J connectivity index is 1.98. The first-order valence-corrected chi connectivity index (χ1v) is 6.83. The Hall–Kier alpha value is -0.730. The van der Waals surface area contributed by atoms with Crippen LogP contribution in [-0.2, 0) is 28.5 Å². The van der Waals surface area contributed by atoms with Crippen molar-refractivity contribution in [1.29, 1.82) is 0 Å². The van der Waals surface area contributed by atoms with Gasteiger partial charge in [0.1, 0.15) is 18.3 Å². The highest BCUT2D eigenvalue weighted by atomic mass is 16.8. The fourth-order valence-electron chi connectivity index (χ4n) is 2.65. The third-order valence-electron chi connectivity index (χ3n) is 3.43. The van der Waals surface area contributed by atoms with Crippen LogP contribution >= 0.6 is 0 Å². The highest BCUT2D eigenvalue weighted by molar-refractivity contribution is 5.70. The summed E-state index contributed by atoms with van der Waals surface area (Å²) in [4.78, 5) is 11.5. The lowest BCUT2D eigenvalue weighted by molar-refractivity contribution is -0.219. The van der Waals surface area contributed by atoms with Crippen LogP contribution in [0.3, 0.4) is 0 Å². The van der Waals surface area contributed by atoms with Crippen LogP contribution in [0, 0.1) is 0 Å². The molecule has 2 N–H and O–H groups in total. The van der Waals surface area contributed by atoms with Crippen LogP contribution in [0.5, 0.6) is 0 Å². The maximum atomic E-state index is 11.5. The molecule has 7 nitrogen and oxygen atoms in total. The third-order valence-corrected chi connectivity index (χ3v) is 3.43. The Morgan fingerprint density at radius 2 is 2.10 bits per heavy atom. The fraction of sp³-hybridized carbons (Fsp3) is 0.923. The van der Waals surface area contributed by atoms with E-state index in [4.69, 9.17) is 29.4 Å². The van der Waals surface area contributed by atoms with Gasteiger partial charge in [-0.1, -0.05) is 0 Å². The zero-order chi connectivity index (χ0) is 14.9. The summed E-state index contributed by atoms with van der Waals surface area (Å²) in [6.07, 6.45) is -1.62. The van der Waals surface area contributed by atoms with Gasteiger partial charge in [0, 0.05) is 13.2 Å². The number of carbonyl (C=O) groups excluding carboxylic acids is 1. The summed E-state index contributed by atoms with van der Waals surface area (Å²) >= 11 is 0. The number of esters is 1. The molecule has 20 heavy (non-hydrogen) atoms. The number of nitrogens with two attached hydrogens (primary N) is 1. The fourth-order valence-corrected chi connectivity index (χ4v) is 2.65. The Labute approximate surface area is 118 Å². The molecule has 0 aromatic carbocycles. The Bertz CT molecular complexity index is 361. The summed E-state index contributed by atoms with van der Waals surface area (Å²) in [7, 11) is 1.56. The molecule has 2 rings (SSSR count). The summed E-state index contributed by atoms with van der Waals surface area (Å²) in [5.74, 6) is -1.06. The van der Waals surface area contributed by atoms with E-state index in [1.807, 2.05) is 13.8 Å². The molecule has 0 amide bonds. The maximum absolute atomic E-state index is 11.5. The topological polar surface area (TPSA) is 89.2 Å². The molecule has 0 aromatic rings. The number of ether oxygens (including phenoxy) is 5. The molecule has 0 aliphatic carbocycles. The Kier molecular flexibility index (Phi) is 4.66. The lowest BCUT2D eigenvalue weighted by Gasteiger charge is -2.27. The zero-order valence-electron chi connectivity index (χ0n) is 12.3. The van der Waals surface area contributed by atoms with Gasteiger partial charge in [-0.2, -0.15) is 0 Å². The van der Waals surface area contributed by atoms with Crippen LogP contribution in [0.4, 0.5) is 0 Å². The van der Waals surface area contributed by atoms with Crippen LogP contribution in [0.15, 0.2) is 0 Å². The monoisotopic (exact) mass is 289 g/mol. The molecule has 0 radical (unpaired) electrons. The molecule has 0 bridgehead atoms. The van der Waals surface area contributed by atoms with Gasteiger partial charge in [0.2, 0.25) is 0 Å². The Morgan fingerprint density at radius 3 is 2.70 bits per heavy atom. The second-order valence-corrected chi connectivity index (χ2v) is 5.44. The predicted molar refractivity (Wildman–Crippen MR) is 68.7 cm³/mol. The molecular formula is C13H23NO6. The van der Waals surface area contributed by atoms with Crippen LogP contribution in [-0.4, -0.2) is 56.1 Å². The summed E-state index contributed by atoms with van der Waals surface area (Å²) in [6.45, 7) is 5.71. The van der Waals surface area contributed by atoms with Crippen molar-refractivity contribution in [3.8, 4) is 0 Å². The molecule has 116 valence electrons. The molecule has 2 fully saturated rings. The van der Waals surface area contributed by atoms with Crippen molar-refractivity contribution in [3.05, 3.63) is 0 Å². The zero-order valence-corrected chi connectivity index (χ0v) is 12.3. The smallest absolute Gasteiger partial charge is 0.307 e. The molecule has 5 atom stereocenters. The molecule has 7 heteroatoms. The van der Waals surface area contributed by atoms with Crippen molar-refractivity contribution in [1.82, 2.24) is 0 Å². The van der Waals surface area contributed by atoms with Crippen LogP contribution in [0.2, 0.25) is 0 Å². The van der Waals surface area contributed by atoms with Gasteiger partial charge in [0.05, 0.1) is 13.0 Å². The minimum absolute atomic E-state index is 0.0706. The molecule has 0 spiro atoms. The number of carbonyl (C=O) groups is 1. The highest BCUT2D eigenvalue weighted by Gasteiger charge is 2.56. The van der Waals surface area contributed by atoms with E-state index in [9.17, 15) is 4.79 Å². The molecule has 2 aliphatic heterocycles. The third kappa shape index (κ3) is 3.12. The van der Waals surface area contributed by atoms with E-state index in [1.165, 1.54) is 0 Å². The van der Waals surface area contributed by atoms with Crippen molar-refractivity contribution in [3.63, 3.8) is 0 Å². The minimum Gasteiger partial charge on any atom is -0.466 e. The van der Waals surface area contributed by atoms with Crippen molar-refractivity contribution in [2.45, 2.75) is 63.6 Å². The second-order valence-electron chi connectivity index (χ2n) is 5.44. The van der Waals surface area contributed by atoms with Gasteiger partial charge in [-0.3, -0.25) is 4.79 Å². The van der Waals surface area contributed by atoms with Crippen molar-refractivity contribution in [2.24, 2.45) is 5.73 Å². The van der Waals surface area contributed by atoms with Gasteiger partial charge in [-0.05, 0) is 20.8 Å². The van der Waals surface area contributed by atoms with E-state index >= 15 is 0 Å². The average Bonchev–Trinajstić information content (AvgIpc) is 2.80. The number of rotatable bonds is 5. The predicted octanol–water partition coefficient (Wildman–Crippen LogP) is 0.158. The van der Waals surface area contributed by atoms with Gasteiger partial charge < -0.3 is 29.4 Å². The van der Waals surface area contributed by atoms with E-state index in [1.54, 1.807) is 14.0 Å². The second kappa shape index (κ2) is 5.95. The molecule has 0 saturated carbocycles. The number of hydrogen-bond acceptors (Lipinski definition) is 7. The molecule has 1 unspecified atom stereocenters. The normalized spacial score (nSPS) is 36.6. The van der Waals surface area contributed by atoms with E-state index < -0.39 is 24.2 Å². The standard InChI is InChI=1S/C13H23NO6/c1-5-17-8(15)6-7(14)9-10(16-4)11-12(18-9)20-13(2,3)19-11/h7,9-12H,5-6,14H2,1-4H3/t7?,9-,10+,11-,12-/m1/s1. The summed E-state index contributed by atoms with van der Waals surface area (Å²) in [5.41, 5.74) is 6.03. The van der Waals surface area contributed by atoms with E-state index in [2.05, 4.69) is 0 Å². The van der Waals surface area contributed by atoms with Gasteiger partial charge in [0.15, 0.2) is 12.1 Å². The quantitative estimate of drug-likeness (QED) is 0.721. The minimum atomic E-state index is -0.706. The number of fused-ring (bicyclic) bond motifs is 1. The van der Waals surface area contributed by atoms with E-state index in [0.717, 1.165) is 0 Å². The lowest BCUT2D eigenvalue weighted by atomic mass is 10.0. The van der Waals surface area contributed by atoms with Crippen LogP contribution in [0.1, 0.15) is 27.2 Å². The Morgan fingerprint density at radius 1 is 1.40 bits per heavy atom. The number of hydrogen-bond donors (Lipinski definition) is 1. The molecule has 2 aliphatic rings. The summed E-state index contributed by atoms with van der Waals surface area (Å²) in [5, 5.41) is 0. The van der Waals surface area contributed by atoms with Crippen molar-refractivity contribution < 1.29 is 28.5 Å². The number of methoxy groups -OCH3 is 1. The summed E-state index contributed by atoms with van der Waals surface area (Å²) in [6, 6.07) is -0.528. The van der Waals surface area contributed by atoms with Crippen LogP contribution < -0.4 is 5.73 Å². The van der Waals surface area contributed by atoms with Gasteiger partial charge >= 0.3 is 5.97 Å². The van der Waals surface area contributed by atoms with Gasteiger partial charge in [-0.25, -0.2) is 0 Å². The first kappa shape index (κ1) is 15.7. The first-order chi connectivity index (χ1) is 9.38. The summed E-state index contributed by atoms with van der Waals surface area (Å²) < 4.78 is 27.5. The first-order valence-electron chi connectivity index (χ1n) is 6.83. The average molecular weight is 289 g/mol. The maximum Gasteiger partial charge on any atom is 0.307 e. The van der Waals surface area contributed by atoms with Crippen molar-refractivity contribution >= 4 is 5.97 Å². The largest absolute Gasteiger partial charge is 0.466 e. The van der Waals surface area contributed by atoms with Gasteiger partial charge in [-0.15, -0.1) is 0 Å². The lowest BCUT2D eigenvalue weighted by Crippen LogP contribution is -2.47. The van der Waals surface area contributed by atoms with E-state index in [0.29, 0.717) is 6.61 Å². The molecular weight excluding hydrogens is 266 g/mol. The molecule has 0 aromatic heterocycles. The molecule has 2 saturated heterocycles. The highest BCUT2D eigenvalue weighted by Crippen LogP contribution is 2.39. The van der Waals surface area contributed by atoms with Crippen LogP contribution in [0.25, 0.3) is 0 Å². The molecule has 2 heterocycles.